The van der Waals surface area contributed by atoms with E-state index in [-0.39, 0.29) is 17.8 Å². The first-order chi connectivity index (χ1) is 9.02. The second-order valence-corrected chi connectivity index (χ2v) is 4.13. The van der Waals surface area contributed by atoms with Crippen LogP contribution in [0.4, 0.5) is 4.39 Å². The molecule has 0 aliphatic rings. The molecule has 0 amide bonds. The van der Waals surface area contributed by atoms with Crippen LogP contribution in [0.1, 0.15) is 15.9 Å². The van der Waals surface area contributed by atoms with E-state index in [1.807, 2.05) is 0 Å². The Morgan fingerprint density at radius 2 is 2.11 bits per heavy atom. The summed E-state index contributed by atoms with van der Waals surface area (Å²) in [5.41, 5.74) is 0.294. The lowest BCUT2D eigenvalue weighted by molar-refractivity contribution is 0.0595. The first-order valence-electron chi connectivity index (χ1n) is 5.61. The van der Waals surface area contributed by atoms with Crippen LogP contribution in [0.25, 0.3) is 0 Å². The number of benzene rings is 1. The van der Waals surface area contributed by atoms with Crippen molar-refractivity contribution in [3.8, 4) is 0 Å². The van der Waals surface area contributed by atoms with Crippen LogP contribution in [0.3, 0.4) is 0 Å². The molecule has 0 fully saturated rings. The molecule has 0 saturated carbocycles. The van der Waals surface area contributed by atoms with Gasteiger partial charge in [-0.15, -0.1) is 0 Å². The van der Waals surface area contributed by atoms with Gasteiger partial charge in [0, 0.05) is 19.4 Å². The molecule has 0 aliphatic carbocycles. The lowest BCUT2D eigenvalue weighted by Crippen LogP contribution is -2.22. The fourth-order valence-corrected chi connectivity index (χ4v) is 1.76. The van der Waals surface area contributed by atoms with Gasteiger partial charge < -0.3 is 9.30 Å². The number of aryl methyl sites for hydroxylation is 1. The van der Waals surface area contributed by atoms with E-state index < -0.39 is 11.8 Å². The Morgan fingerprint density at radius 3 is 2.63 bits per heavy atom. The number of aromatic nitrogens is 2. The first-order valence-corrected chi connectivity index (χ1v) is 5.61. The van der Waals surface area contributed by atoms with Crippen LogP contribution in [0.5, 0.6) is 0 Å². The van der Waals surface area contributed by atoms with Crippen LogP contribution < -0.4 is 5.69 Å². The Labute approximate surface area is 108 Å². The highest BCUT2D eigenvalue weighted by atomic mass is 19.1. The van der Waals surface area contributed by atoms with Crippen molar-refractivity contribution < 1.29 is 13.9 Å². The summed E-state index contributed by atoms with van der Waals surface area (Å²) in [5, 5.41) is 0. The van der Waals surface area contributed by atoms with E-state index in [1.165, 1.54) is 28.4 Å². The van der Waals surface area contributed by atoms with Crippen molar-refractivity contribution in [2.75, 3.05) is 7.11 Å². The lowest BCUT2D eigenvalue weighted by Gasteiger charge is -2.05. The molecule has 1 aromatic carbocycles. The number of imidazole rings is 1. The van der Waals surface area contributed by atoms with Gasteiger partial charge in [-0.05, 0) is 17.7 Å². The van der Waals surface area contributed by atoms with Gasteiger partial charge in [-0.1, -0.05) is 6.07 Å². The van der Waals surface area contributed by atoms with Crippen molar-refractivity contribution in [1.29, 1.82) is 0 Å². The van der Waals surface area contributed by atoms with E-state index in [9.17, 15) is 14.0 Å². The number of hydrogen-bond donors (Lipinski definition) is 0. The smallest absolute Gasteiger partial charge is 0.340 e. The van der Waals surface area contributed by atoms with Gasteiger partial charge in [0.1, 0.15) is 5.82 Å². The summed E-state index contributed by atoms with van der Waals surface area (Å²) in [6, 6.07) is 4.17. The lowest BCUT2D eigenvalue weighted by atomic mass is 10.1. The third kappa shape index (κ3) is 2.57. The minimum Gasteiger partial charge on any atom is -0.465 e. The zero-order chi connectivity index (χ0) is 14.0. The summed E-state index contributed by atoms with van der Waals surface area (Å²) in [7, 11) is 2.83. The van der Waals surface area contributed by atoms with Crippen LogP contribution in [0.15, 0.2) is 35.4 Å². The molecule has 0 radical (unpaired) electrons. The molecule has 0 saturated heterocycles. The Balaban J connectivity index is 2.28. The maximum atomic E-state index is 13.7. The van der Waals surface area contributed by atoms with Gasteiger partial charge >= 0.3 is 11.7 Å². The highest BCUT2D eigenvalue weighted by molar-refractivity contribution is 5.89. The zero-order valence-electron chi connectivity index (χ0n) is 10.6. The van der Waals surface area contributed by atoms with Crippen LogP contribution in [-0.4, -0.2) is 22.2 Å². The van der Waals surface area contributed by atoms with Crippen LogP contribution in [0.2, 0.25) is 0 Å². The quantitative estimate of drug-likeness (QED) is 0.782. The van der Waals surface area contributed by atoms with E-state index in [2.05, 4.69) is 4.74 Å². The molecule has 0 atom stereocenters. The van der Waals surface area contributed by atoms with E-state index >= 15 is 0 Å². The SMILES string of the molecule is COC(=O)c1ccc(Cn2ccn(C)c2=O)cc1F. The summed E-state index contributed by atoms with van der Waals surface area (Å²) in [5.74, 6) is -1.38. The Bertz CT molecular complexity index is 673. The summed E-state index contributed by atoms with van der Waals surface area (Å²) >= 11 is 0. The molecule has 6 heteroatoms. The molecular formula is C13H13FN2O3. The number of esters is 1. The molecule has 0 spiro atoms. The zero-order valence-corrected chi connectivity index (χ0v) is 10.6. The van der Waals surface area contributed by atoms with Gasteiger partial charge in [0.05, 0.1) is 19.2 Å². The van der Waals surface area contributed by atoms with Gasteiger partial charge in [0.15, 0.2) is 0 Å². The molecular weight excluding hydrogens is 251 g/mol. The number of hydrogen-bond acceptors (Lipinski definition) is 3. The van der Waals surface area contributed by atoms with E-state index in [4.69, 9.17) is 0 Å². The van der Waals surface area contributed by atoms with Crippen molar-refractivity contribution in [3.63, 3.8) is 0 Å². The molecule has 2 rings (SSSR count). The summed E-state index contributed by atoms with van der Waals surface area (Å²) < 4.78 is 21.0. The third-order valence-corrected chi connectivity index (χ3v) is 2.81. The molecule has 0 unspecified atom stereocenters. The molecule has 5 nitrogen and oxygen atoms in total. The molecule has 100 valence electrons. The average Bonchev–Trinajstić information content (AvgIpc) is 2.70. The monoisotopic (exact) mass is 264 g/mol. The first kappa shape index (κ1) is 13.1. The summed E-state index contributed by atoms with van der Waals surface area (Å²) in [6.07, 6.45) is 3.25. The molecule has 19 heavy (non-hydrogen) atoms. The molecule has 0 bridgehead atoms. The number of halogens is 1. The van der Waals surface area contributed by atoms with Crippen molar-refractivity contribution in [2.24, 2.45) is 7.05 Å². The van der Waals surface area contributed by atoms with Gasteiger partial charge in [0.25, 0.3) is 0 Å². The normalized spacial score (nSPS) is 10.5. The van der Waals surface area contributed by atoms with E-state index in [1.54, 1.807) is 25.5 Å². The number of carbonyl (C=O) groups is 1. The second-order valence-electron chi connectivity index (χ2n) is 4.13. The van der Waals surface area contributed by atoms with Gasteiger partial charge in [0.2, 0.25) is 0 Å². The number of ether oxygens (including phenoxy) is 1. The summed E-state index contributed by atoms with van der Waals surface area (Å²) in [6.45, 7) is 0.248. The maximum Gasteiger partial charge on any atom is 0.340 e. The van der Waals surface area contributed by atoms with Crippen LogP contribution in [-0.2, 0) is 18.3 Å². The van der Waals surface area contributed by atoms with Gasteiger partial charge in [-0.2, -0.15) is 0 Å². The van der Waals surface area contributed by atoms with Crippen molar-refractivity contribution in [3.05, 3.63) is 58.0 Å². The summed E-state index contributed by atoms with van der Waals surface area (Å²) in [4.78, 5) is 22.9. The van der Waals surface area contributed by atoms with Gasteiger partial charge in [-0.3, -0.25) is 4.57 Å². The fraction of sp³-hybridized carbons (Fsp3) is 0.231. The Morgan fingerprint density at radius 1 is 1.37 bits per heavy atom. The predicted octanol–water partition coefficient (Wildman–Crippen LogP) is 1.16. The predicted molar refractivity (Wildman–Crippen MR) is 66.5 cm³/mol. The molecule has 1 heterocycles. The standard InChI is InChI=1S/C13H13FN2O3/c1-15-5-6-16(13(15)18)8-9-3-4-10(11(14)7-9)12(17)19-2/h3-7H,8H2,1-2H3. The van der Waals surface area contributed by atoms with Crippen molar-refractivity contribution in [2.45, 2.75) is 6.54 Å². The Hall–Kier alpha value is -2.37. The largest absolute Gasteiger partial charge is 0.465 e. The highest BCUT2D eigenvalue weighted by Crippen LogP contribution is 2.12. The number of methoxy groups -OCH3 is 1. The van der Waals surface area contributed by atoms with Crippen molar-refractivity contribution >= 4 is 5.97 Å². The molecule has 2 aromatic rings. The van der Waals surface area contributed by atoms with Crippen LogP contribution in [0, 0.1) is 5.82 Å². The minimum absolute atomic E-state index is 0.119. The van der Waals surface area contributed by atoms with E-state index in [0.29, 0.717) is 5.56 Å². The van der Waals surface area contributed by atoms with Crippen molar-refractivity contribution in [1.82, 2.24) is 9.13 Å². The molecule has 0 aliphatic heterocycles. The number of nitrogens with zero attached hydrogens (tertiary/aromatic N) is 2. The number of carbonyl (C=O) groups excluding carboxylic acids is 1. The minimum atomic E-state index is -0.721. The average molecular weight is 264 g/mol. The molecule has 1 aromatic heterocycles. The maximum absolute atomic E-state index is 13.7. The second kappa shape index (κ2) is 5.09. The molecule has 0 N–H and O–H groups in total. The highest BCUT2D eigenvalue weighted by Gasteiger charge is 2.12. The fourth-order valence-electron chi connectivity index (χ4n) is 1.76. The number of rotatable bonds is 3. The third-order valence-electron chi connectivity index (χ3n) is 2.81. The topological polar surface area (TPSA) is 53.2 Å². The van der Waals surface area contributed by atoms with Gasteiger partial charge in [-0.25, -0.2) is 14.0 Å². The van der Waals surface area contributed by atoms with E-state index in [0.717, 1.165) is 0 Å². The van der Waals surface area contributed by atoms with Crippen LogP contribution >= 0.6 is 0 Å². The Kier molecular flexibility index (Phi) is 3.50.